The minimum Gasteiger partial charge on any atom is -0.455 e. The Bertz CT molecular complexity index is 479. The maximum Gasteiger partial charge on any atom is 0.254 e. The van der Waals surface area contributed by atoms with Crippen LogP contribution in [-0.4, -0.2) is 55.6 Å². The molecule has 0 bridgehead atoms. The summed E-state index contributed by atoms with van der Waals surface area (Å²) in [6.07, 6.45) is -0.271. The van der Waals surface area contributed by atoms with Gasteiger partial charge in [-0.25, -0.2) is 0 Å². The number of fused-ring (bicyclic) bond motifs is 1. The molecule has 1 aliphatic heterocycles. The standard InChI is InChI=1S/C13H18ClN3O2/c1-16(2)7-8-17(3)13-15-11-9(12(14)18)5-4-6-10(11)19-13/h4-6,13,15H,7-8H2,1-3H3. The van der Waals surface area contributed by atoms with Gasteiger partial charge in [-0.1, -0.05) is 6.07 Å². The summed E-state index contributed by atoms with van der Waals surface area (Å²) in [6.45, 7) is 1.78. The summed E-state index contributed by atoms with van der Waals surface area (Å²) in [4.78, 5) is 15.5. The van der Waals surface area contributed by atoms with Crippen molar-refractivity contribution in [1.29, 1.82) is 0 Å². The lowest BCUT2D eigenvalue weighted by Gasteiger charge is -2.25. The van der Waals surface area contributed by atoms with Gasteiger partial charge in [0, 0.05) is 13.1 Å². The first-order chi connectivity index (χ1) is 8.99. The quantitative estimate of drug-likeness (QED) is 0.833. The Labute approximate surface area is 118 Å². The van der Waals surface area contributed by atoms with Gasteiger partial charge >= 0.3 is 0 Å². The minimum atomic E-state index is -0.482. The van der Waals surface area contributed by atoms with Crippen LogP contribution in [0.1, 0.15) is 10.4 Å². The maximum absolute atomic E-state index is 11.3. The lowest BCUT2D eigenvalue weighted by Crippen LogP contribution is -2.42. The van der Waals surface area contributed by atoms with E-state index < -0.39 is 5.24 Å². The highest BCUT2D eigenvalue weighted by atomic mass is 35.5. The predicted octanol–water partition coefficient (Wildman–Crippen LogP) is 1.65. The molecule has 0 saturated carbocycles. The third-order valence-corrected chi connectivity index (χ3v) is 3.25. The number of hydrogen-bond donors (Lipinski definition) is 1. The van der Waals surface area contributed by atoms with Crippen molar-refractivity contribution in [1.82, 2.24) is 9.80 Å². The molecule has 1 N–H and O–H groups in total. The van der Waals surface area contributed by atoms with Gasteiger partial charge in [0.05, 0.1) is 11.3 Å². The topological polar surface area (TPSA) is 44.8 Å². The highest BCUT2D eigenvalue weighted by molar-refractivity contribution is 6.68. The molecule has 1 heterocycles. The number of nitrogens with one attached hydrogen (secondary N) is 1. The smallest absolute Gasteiger partial charge is 0.254 e. The Morgan fingerprint density at radius 1 is 1.37 bits per heavy atom. The summed E-state index contributed by atoms with van der Waals surface area (Å²) in [5.74, 6) is 0.660. The van der Waals surface area contributed by atoms with E-state index >= 15 is 0 Å². The fraction of sp³-hybridized carbons (Fsp3) is 0.462. The molecule has 0 saturated heterocycles. The van der Waals surface area contributed by atoms with Gasteiger partial charge < -0.3 is 15.0 Å². The largest absolute Gasteiger partial charge is 0.455 e. The van der Waals surface area contributed by atoms with Gasteiger partial charge in [0.25, 0.3) is 5.24 Å². The molecule has 0 spiro atoms. The third-order valence-electron chi connectivity index (χ3n) is 3.04. The molecule has 0 aromatic heterocycles. The first-order valence-corrected chi connectivity index (χ1v) is 6.48. The Hall–Kier alpha value is -1.30. The molecule has 19 heavy (non-hydrogen) atoms. The van der Waals surface area contributed by atoms with E-state index in [1.54, 1.807) is 12.1 Å². The number of hydrogen-bond acceptors (Lipinski definition) is 5. The molecule has 1 aromatic carbocycles. The van der Waals surface area contributed by atoms with Crippen LogP contribution in [0.15, 0.2) is 18.2 Å². The highest BCUT2D eigenvalue weighted by Crippen LogP contribution is 2.36. The van der Waals surface area contributed by atoms with Gasteiger partial charge in [-0.15, -0.1) is 0 Å². The Kier molecular flexibility index (Phi) is 4.29. The molecule has 5 nitrogen and oxygen atoms in total. The first-order valence-electron chi connectivity index (χ1n) is 6.10. The van der Waals surface area contributed by atoms with Crippen LogP contribution >= 0.6 is 11.6 Å². The van der Waals surface area contributed by atoms with Gasteiger partial charge in [0.2, 0.25) is 6.35 Å². The SMILES string of the molecule is CN(C)CCN(C)C1Nc2c(cccc2C(=O)Cl)O1. The molecule has 0 aliphatic carbocycles. The van der Waals surface area contributed by atoms with Crippen molar-refractivity contribution in [3.8, 4) is 5.75 Å². The average molecular weight is 284 g/mol. The molecule has 1 atom stereocenters. The van der Waals surface area contributed by atoms with Gasteiger partial charge in [0.1, 0.15) is 5.75 Å². The number of para-hydroxylation sites is 1. The Morgan fingerprint density at radius 2 is 2.11 bits per heavy atom. The van der Waals surface area contributed by atoms with Crippen LogP contribution in [0.5, 0.6) is 5.75 Å². The number of carbonyl (C=O) groups is 1. The number of nitrogens with zero attached hydrogens (tertiary/aromatic N) is 2. The number of anilines is 1. The number of ether oxygens (including phenoxy) is 1. The zero-order valence-electron chi connectivity index (χ0n) is 11.3. The van der Waals surface area contributed by atoms with Crippen LogP contribution in [0.25, 0.3) is 0 Å². The van der Waals surface area contributed by atoms with E-state index in [1.165, 1.54) is 0 Å². The summed E-state index contributed by atoms with van der Waals surface area (Å²) >= 11 is 5.56. The van der Waals surface area contributed by atoms with Crippen LogP contribution in [0.4, 0.5) is 5.69 Å². The summed E-state index contributed by atoms with van der Waals surface area (Å²) in [5, 5.41) is 2.71. The van der Waals surface area contributed by atoms with E-state index in [2.05, 4.69) is 10.2 Å². The fourth-order valence-electron chi connectivity index (χ4n) is 1.89. The van der Waals surface area contributed by atoms with E-state index in [9.17, 15) is 4.79 Å². The van der Waals surface area contributed by atoms with Crippen molar-refractivity contribution in [2.45, 2.75) is 6.35 Å². The highest BCUT2D eigenvalue weighted by Gasteiger charge is 2.28. The van der Waals surface area contributed by atoms with Gasteiger partial charge in [0.15, 0.2) is 0 Å². The van der Waals surface area contributed by atoms with Crippen LogP contribution in [0, 0.1) is 0 Å². The van der Waals surface area contributed by atoms with Crippen molar-refractivity contribution >= 4 is 22.5 Å². The molecule has 1 aliphatic rings. The van der Waals surface area contributed by atoms with E-state index in [0.29, 0.717) is 17.0 Å². The second-order valence-electron chi connectivity index (χ2n) is 4.85. The van der Waals surface area contributed by atoms with E-state index in [1.807, 2.05) is 32.1 Å². The van der Waals surface area contributed by atoms with Crippen LogP contribution in [0.3, 0.4) is 0 Å². The van der Waals surface area contributed by atoms with Crippen LogP contribution in [-0.2, 0) is 0 Å². The predicted molar refractivity (Wildman–Crippen MR) is 75.8 cm³/mol. The zero-order chi connectivity index (χ0) is 14.0. The molecular formula is C13H18ClN3O2. The average Bonchev–Trinajstić information content (AvgIpc) is 2.78. The second-order valence-corrected chi connectivity index (χ2v) is 5.19. The van der Waals surface area contributed by atoms with Crippen LogP contribution < -0.4 is 10.1 Å². The first kappa shape index (κ1) is 14.1. The maximum atomic E-state index is 11.3. The van der Waals surface area contributed by atoms with Crippen molar-refractivity contribution in [3.05, 3.63) is 23.8 Å². The summed E-state index contributed by atoms with van der Waals surface area (Å²) in [7, 11) is 6.01. The van der Waals surface area contributed by atoms with Crippen molar-refractivity contribution in [2.24, 2.45) is 0 Å². The van der Waals surface area contributed by atoms with E-state index in [-0.39, 0.29) is 6.35 Å². The fourth-order valence-corrected chi connectivity index (χ4v) is 2.05. The lowest BCUT2D eigenvalue weighted by atomic mass is 10.2. The number of carbonyl (C=O) groups excluding carboxylic acids is 1. The Morgan fingerprint density at radius 3 is 2.74 bits per heavy atom. The van der Waals surface area contributed by atoms with E-state index in [4.69, 9.17) is 16.3 Å². The van der Waals surface area contributed by atoms with Gasteiger partial charge in [-0.05, 0) is 44.9 Å². The number of rotatable bonds is 5. The molecule has 1 unspecified atom stereocenters. The van der Waals surface area contributed by atoms with Crippen molar-refractivity contribution in [2.75, 3.05) is 39.5 Å². The second kappa shape index (κ2) is 5.77. The summed E-state index contributed by atoms with van der Waals surface area (Å²) in [6, 6.07) is 5.27. The lowest BCUT2D eigenvalue weighted by molar-refractivity contribution is 0.0772. The zero-order valence-corrected chi connectivity index (χ0v) is 12.1. The molecule has 0 amide bonds. The number of likely N-dealkylation sites (N-methyl/N-ethyl adjacent to an activating group) is 2. The molecule has 2 rings (SSSR count). The van der Waals surface area contributed by atoms with Crippen molar-refractivity contribution < 1.29 is 9.53 Å². The summed E-state index contributed by atoms with van der Waals surface area (Å²) < 4.78 is 5.78. The number of halogens is 1. The summed E-state index contributed by atoms with van der Waals surface area (Å²) in [5.41, 5.74) is 1.12. The van der Waals surface area contributed by atoms with Crippen LogP contribution in [0.2, 0.25) is 0 Å². The van der Waals surface area contributed by atoms with Crippen molar-refractivity contribution in [3.63, 3.8) is 0 Å². The molecule has 0 fully saturated rings. The molecule has 6 heteroatoms. The Balaban J connectivity index is 2.07. The molecule has 0 radical (unpaired) electrons. The van der Waals surface area contributed by atoms with Gasteiger partial charge in [-0.3, -0.25) is 9.69 Å². The van der Waals surface area contributed by atoms with E-state index in [0.717, 1.165) is 13.1 Å². The minimum absolute atomic E-state index is 0.271. The monoisotopic (exact) mass is 283 g/mol. The third kappa shape index (κ3) is 3.18. The molecular weight excluding hydrogens is 266 g/mol. The molecule has 1 aromatic rings. The van der Waals surface area contributed by atoms with Gasteiger partial charge in [-0.2, -0.15) is 0 Å². The number of benzene rings is 1. The normalized spacial score (nSPS) is 17.3. The molecule has 104 valence electrons.